The van der Waals surface area contributed by atoms with E-state index in [1.54, 1.807) is 36.4 Å². The Bertz CT molecular complexity index is 1460. The summed E-state index contributed by atoms with van der Waals surface area (Å²) in [5.41, 5.74) is 0.958. The Kier molecular flexibility index (Phi) is 9.74. The molecule has 0 saturated heterocycles. The topological polar surface area (TPSA) is 80.7 Å². The van der Waals surface area contributed by atoms with Gasteiger partial charge in [-0.3, -0.25) is 9.59 Å². The van der Waals surface area contributed by atoms with Crippen LogP contribution in [0.1, 0.15) is 39.5 Å². The number of carbonyl (C=O) groups is 2. The number of rotatable bonds is 10. The van der Waals surface area contributed by atoms with Gasteiger partial charge in [-0.2, -0.15) is 18.3 Å². The minimum absolute atomic E-state index is 0.000373. The minimum Gasteiger partial charge on any atom is -0.497 e. The van der Waals surface area contributed by atoms with E-state index in [4.69, 9.17) is 25.8 Å². The van der Waals surface area contributed by atoms with Crippen molar-refractivity contribution in [3.8, 4) is 11.5 Å². The zero-order chi connectivity index (χ0) is 30.4. The number of carbonyl (C=O) groups excluding carboxylic acids is 2. The third kappa shape index (κ3) is 6.85. The smallest absolute Gasteiger partial charge is 0.416 e. The van der Waals surface area contributed by atoms with Crippen molar-refractivity contribution in [3.05, 3.63) is 94.0 Å². The molecule has 0 fully saturated rings. The van der Waals surface area contributed by atoms with Crippen LogP contribution < -0.4 is 9.47 Å². The second-order valence-corrected chi connectivity index (χ2v) is 9.79. The fourth-order valence-electron chi connectivity index (χ4n) is 4.61. The van der Waals surface area contributed by atoms with Crippen LogP contribution >= 0.6 is 11.6 Å². The Morgan fingerprint density at radius 1 is 1.02 bits per heavy atom. The normalized spacial score (nSPS) is 14.9. The highest BCUT2D eigenvalue weighted by Crippen LogP contribution is 2.40. The minimum atomic E-state index is -4.55. The average Bonchev–Trinajstić information content (AvgIpc) is 3.43. The van der Waals surface area contributed by atoms with E-state index in [9.17, 15) is 22.8 Å². The molecule has 222 valence electrons. The molecule has 3 aromatic carbocycles. The first-order valence-electron chi connectivity index (χ1n) is 12.9. The molecule has 1 heterocycles. The highest BCUT2D eigenvalue weighted by atomic mass is 35.5. The summed E-state index contributed by atoms with van der Waals surface area (Å²) in [5, 5.41) is 6.38. The van der Waals surface area contributed by atoms with Crippen LogP contribution in [0.2, 0.25) is 5.02 Å². The van der Waals surface area contributed by atoms with E-state index < -0.39 is 36.1 Å². The summed E-state index contributed by atoms with van der Waals surface area (Å²) in [4.78, 5) is 28.4. The van der Waals surface area contributed by atoms with E-state index in [2.05, 4.69) is 5.10 Å². The van der Waals surface area contributed by atoms with Crippen molar-refractivity contribution in [2.75, 3.05) is 41.0 Å². The first-order chi connectivity index (χ1) is 20.1. The standard InChI is InChI=1S/C30H29ClF3N3O5/c1-40-15-14-36(29(39)19-8-10-20(11-9-19)30(32,33)34)18-28(38)37-26(23-16-21(41-2)12-13-27(23)42-3)17-25(35-37)22-6-4-5-7-24(22)31/h4-13,16,26H,14-15,17-18H2,1-3H3/t26-/m1/s1. The summed E-state index contributed by atoms with van der Waals surface area (Å²) in [7, 11) is 4.47. The number of alkyl halides is 3. The van der Waals surface area contributed by atoms with Gasteiger partial charge in [-0.15, -0.1) is 0 Å². The number of hydrogen-bond donors (Lipinski definition) is 0. The number of methoxy groups -OCH3 is 3. The first kappa shape index (κ1) is 30.9. The van der Waals surface area contributed by atoms with Crippen molar-refractivity contribution < 1.29 is 37.0 Å². The predicted molar refractivity (Wildman–Crippen MR) is 151 cm³/mol. The molecule has 0 aromatic heterocycles. The fourth-order valence-corrected chi connectivity index (χ4v) is 4.86. The number of nitrogens with zero attached hydrogens (tertiary/aromatic N) is 3. The third-order valence-electron chi connectivity index (χ3n) is 6.78. The van der Waals surface area contributed by atoms with Crippen molar-refractivity contribution in [2.24, 2.45) is 5.10 Å². The second-order valence-electron chi connectivity index (χ2n) is 9.39. The van der Waals surface area contributed by atoms with E-state index >= 15 is 0 Å². The summed E-state index contributed by atoms with van der Waals surface area (Å²) in [6.45, 7) is -0.295. The summed E-state index contributed by atoms with van der Waals surface area (Å²) in [6, 6.07) is 15.5. The van der Waals surface area contributed by atoms with Crippen LogP contribution in [0.15, 0.2) is 71.8 Å². The molecule has 0 N–H and O–H groups in total. The molecule has 4 rings (SSSR count). The number of hydrogen-bond acceptors (Lipinski definition) is 6. The zero-order valence-corrected chi connectivity index (χ0v) is 23.9. The van der Waals surface area contributed by atoms with Crippen LogP contribution in [0.4, 0.5) is 13.2 Å². The van der Waals surface area contributed by atoms with Crippen molar-refractivity contribution in [3.63, 3.8) is 0 Å². The first-order valence-corrected chi connectivity index (χ1v) is 13.3. The van der Waals surface area contributed by atoms with Crippen LogP contribution in [-0.4, -0.2) is 68.5 Å². The Labute approximate surface area is 246 Å². The van der Waals surface area contributed by atoms with Gasteiger partial charge in [0.1, 0.15) is 18.0 Å². The number of hydrazone groups is 1. The van der Waals surface area contributed by atoms with E-state index in [-0.39, 0.29) is 18.7 Å². The van der Waals surface area contributed by atoms with Gasteiger partial charge in [0.25, 0.3) is 11.8 Å². The summed E-state index contributed by atoms with van der Waals surface area (Å²) in [5.74, 6) is -0.0997. The SMILES string of the molecule is COCCN(CC(=O)N1N=C(c2ccccc2Cl)C[C@@H]1c1cc(OC)ccc1OC)C(=O)c1ccc(C(F)(F)F)cc1. The van der Waals surface area contributed by atoms with Crippen molar-refractivity contribution in [1.82, 2.24) is 9.91 Å². The van der Waals surface area contributed by atoms with Crippen LogP contribution in [0.25, 0.3) is 0 Å². The number of benzene rings is 3. The maximum Gasteiger partial charge on any atom is 0.416 e. The molecular formula is C30H29ClF3N3O5. The fraction of sp³-hybridized carbons (Fsp3) is 0.300. The zero-order valence-electron chi connectivity index (χ0n) is 23.2. The molecule has 3 aromatic rings. The van der Waals surface area contributed by atoms with Crippen molar-refractivity contribution in [1.29, 1.82) is 0 Å². The van der Waals surface area contributed by atoms with Gasteiger partial charge >= 0.3 is 6.18 Å². The molecular weight excluding hydrogens is 575 g/mol. The van der Waals surface area contributed by atoms with Gasteiger partial charge in [-0.05, 0) is 48.5 Å². The highest BCUT2D eigenvalue weighted by Gasteiger charge is 2.37. The van der Waals surface area contributed by atoms with Crippen molar-refractivity contribution >= 4 is 29.1 Å². The molecule has 1 atom stereocenters. The van der Waals surface area contributed by atoms with Crippen molar-refractivity contribution in [2.45, 2.75) is 18.6 Å². The van der Waals surface area contributed by atoms with Gasteiger partial charge in [0, 0.05) is 41.8 Å². The molecule has 42 heavy (non-hydrogen) atoms. The molecule has 0 aliphatic carbocycles. The summed E-state index contributed by atoms with van der Waals surface area (Å²) < 4.78 is 55.3. The van der Waals surface area contributed by atoms with Gasteiger partial charge in [0.2, 0.25) is 0 Å². The molecule has 0 radical (unpaired) electrons. The molecule has 1 aliphatic rings. The van der Waals surface area contributed by atoms with E-state index in [1.165, 1.54) is 31.2 Å². The molecule has 0 saturated carbocycles. The highest BCUT2D eigenvalue weighted by molar-refractivity contribution is 6.34. The molecule has 12 heteroatoms. The maximum atomic E-state index is 13.9. The van der Waals surface area contributed by atoms with Crippen LogP contribution in [-0.2, 0) is 15.7 Å². The number of amides is 2. The monoisotopic (exact) mass is 603 g/mol. The Hall–Kier alpha value is -4.09. The summed E-state index contributed by atoms with van der Waals surface area (Å²) >= 11 is 6.46. The number of halogens is 4. The quantitative estimate of drug-likeness (QED) is 0.291. The second kappa shape index (κ2) is 13.3. The maximum absolute atomic E-state index is 13.9. The molecule has 0 unspecified atom stereocenters. The van der Waals surface area contributed by atoms with Gasteiger partial charge in [0.05, 0.1) is 38.1 Å². The Balaban J connectivity index is 1.69. The van der Waals surface area contributed by atoms with E-state index in [0.29, 0.717) is 39.8 Å². The lowest BCUT2D eigenvalue weighted by atomic mass is 9.97. The molecule has 1 aliphatic heterocycles. The average molecular weight is 604 g/mol. The van der Waals surface area contributed by atoms with Gasteiger partial charge < -0.3 is 19.1 Å². The largest absolute Gasteiger partial charge is 0.497 e. The van der Waals surface area contributed by atoms with Crippen LogP contribution in [0.3, 0.4) is 0 Å². The molecule has 0 spiro atoms. The van der Waals surface area contributed by atoms with E-state index in [0.717, 1.165) is 24.3 Å². The van der Waals surface area contributed by atoms with Crippen LogP contribution in [0, 0.1) is 0 Å². The summed E-state index contributed by atoms with van der Waals surface area (Å²) in [6.07, 6.45) is -4.25. The Morgan fingerprint density at radius 3 is 2.36 bits per heavy atom. The molecule has 0 bridgehead atoms. The third-order valence-corrected chi connectivity index (χ3v) is 7.11. The number of ether oxygens (including phenoxy) is 3. The van der Waals surface area contributed by atoms with Crippen LogP contribution in [0.5, 0.6) is 11.5 Å². The lowest BCUT2D eigenvalue weighted by Gasteiger charge is -2.28. The van der Waals surface area contributed by atoms with Gasteiger partial charge in [0.15, 0.2) is 0 Å². The van der Waals surface area contributed by atoms with Gasteiger partial charge in [-0.25, -0.2) is 5.01 Å². The lowest BCUT2D eigenvalue weighted by molar-refractivity contribution is -0.137. The predicted octanol–water partition coefficient (Wildman–Crippen LogP) is 5.84. The Morgan fingerprint density at radius 2 is 1.74 bits per heavy atom. The van der Waals surface area contributed by atoms with E-state index in [1.807, 2.05) is 6.07 Å². The lowest BCUT2D eigenvalue weighted by Crippen LogP contribution is -2.42. The molecule has 2 amide bonds. The molecule has 8 nitrogen and oxygen atoms in total. The van der Waals surface area contributed by atoms with Gasteiger partial charge in [-0.1, -0.05) is 29.8 Å².